The molecule has 0 bridgehead atoms. The van der Waals surface area contributed by atoms with E-state index >= 15 is 0 Å². The molecule has 2 aromatic heterocycles. The number of fused-ring (bicyclic) bond motifs is 1. The van der Waals surface area contributed by atoms with Gasteiger partial charge in [-0.05, 0) is 19.8 Å². The number of aliphatic hydroxyl groups is 1. The molecular formula is C11H15N5O2. The maximum atomic E-state index is 11.3. The molecule has 3 rings (SSSR count). The Hall–Kier alpha value is -1.89. The third kappa shape index (κ3) is 1.86. The normalized spacial score (nSPS) is 24.7. The van der Waals surface area contributed by atoms with Crippen LogP contribution in [0.25, 0.3) is 5.65 Å². The van der Waals surface area contributed by atoms with Crippen molar-refractivity contribution in [1.29, 1.82) is 0 Å². The van der Waals surface area contributed by atoms with Crippen molar-refractivity contribution in [2.24, 2.45) is 0 Å². The van der Waals surface area contributed by atoms with Crippen molar-refractivity contribution in [3.8, 4) is 0 Å². The van der Waals surface area contributed by atoms with Crippen LogP contribution in [-0.2, 0) is 0 Å². The molecule has 0 saturated carbocycles. The second-order valence-electron chi connectivity index (χ2n) is 5.03. The first-order valence-corrected chi connectivity index (χ1v) is 5.95. The Bertz CT molecular complexity index is 630. The summed E-state index contributed by atoms with van der Waals surface area (Å²) in [6, 6.07) is 1.75. The zero-order valence-corrected chi connectivity index (χ0v) is 10.1. The van der Waals surface area contributed by atoms with Gasteiger partial charge >= 0.3 is 5.69 Å². The third-order valence-corrected chi connectivity index (χ3v) is 3.29. The summed E-state index contributed by atoms with van der Waals surface area (Å²) in [5.41, 5.74) is -0.443. The van der Waals surface area contributed by atoms with E-state index in [0.29, 0.717) is 12.2 Å². The van der Waals surface area contributed by atoms with Crippen LogP contribution < -0.4 is 10.6 Å². The summed E-state index contributed by atoms with van der Waals surface area (Å²) in [4.78, 5) is 17.6. The molecular weight excluding hydrogens is 234 g/mol. The number of hydrogen-bond acceptors (Lipinski definition) is 5. The van der Waals surface area contributed by atoms with Gasteiger partial charge in [0.2, 0.25) is 0 Å². The third-order valence-electron chi connectivity index (χ3n) is 3.29. The molecule has 18 heavy (non-hydrogen) atoms. The Morgan fingerprint density at radius 1 is 1.56 bits per heavy atom. The fourth-order valence-electron chi connectivity index (χ4n) is 2.39. The van der Waals surface area contributed by atoms with E-state index in [4.69, 9.17) is 0 Å². The molecule has 7 heteroatoms. The molecule has 2 N–H and O–H groups in total. The minimum Gasteiger partial charge on any atom is -0.388 e. The summed E-state index contributed by atoms with van der Waals surface area (Å²) in [5.74, 6) is 0.737. The average molecular weight is 249 g/mol. The molecule has 1 saturated heterocycles. The monoisotopic (exact) mass is 249 g/mol. The van der Waals surface area contributed by atoms with Gasteiger partial charge in [-0.1, -0.05) is 0 Å². The topological polar surface area (TPSA) is 86.5 Å². The molecule has 96 valence electrons. The Balaban J connectivity index is 1.96. The molecule has 7 nitrogen and oxygen atoms in total. The first-order chi connectivity index (χ1) is 8.55. The van der Waals surface area contributed by atoms with E-state index in [0.717, 1.165) is 25.2 Å². The first kappa shape index (κ1) is 11.2. The number of hydrogen-bond donors (Lipinski definition) is 2. The minimum absolute atomic E-state index is 0.297. The van der Waals surface area contributed by atoms with Crippen molar-refractivity contribution >= 4 is 11.5 Å². The second-order valence-corrected chi connectivity index (χ2v) is 5.03. The van der Waals surface area contributed by atoms with Gasteiger partial charge in [-0.2, -0.15) is 5.10 Å². The number of nitrogens with one attached hydrogen (secondary N) is 1. The van der Waals surface area contributed by atoms with Gasteiger partial charge in [0.15, 0.2) is 5.65 Å². The van der Waals surface area contributed by atoms with Gasteiger partial charge in [0.05, 0.1) is 5.60 Å². The van der Waals surface area contributed by atoms with Gasteiger partial charge in [-0.3, -0.25) is 0 Å². The molecule has 0 radical (unpaired) electrons. The molecule has 0 amide bonds. The lowest BCUT2D eigenvalue weighted by Crippen LogP contribution is -2.46. The summed E-state index contributed by atoms with van der Waals surface area (Å²) >= 11 is 0. The number of piperidine rings is 1. The molecule has 0 aromatic carbocycles. The van der Waals surface area contributed by atoms with E-state index < -0.39 is 5.60 Å². The molecule has 0 aliphatic carbocycles. The lowest BCUT2D eigenvalue weighted by atomic mass is 9.95. The average Bonchev–Trinajstić information content (AvgIpc) is 2.69. The van der Waals surface area contributed by atoms with Crippen LogP contribution in [0.2, 0.25) is 0 Å². The van der Waals surface area contributed by atoms with E-state index in [2.05, 4.69) is 15.2 Å². The highest BCUT2D eigenvalue weighted by atomic mass is 16.3. The fraction of sp³-hybridized carbons (Fsp3) is 0.545. The Kier molecular flexibility index (Phi) is 2.37. The number of nitrogens with zero attached hydrogens (tertiary/aromatic N) is 4. The predicted molar refractivity (Wildman–Crippen MR) is 65.7 cm³/mol. The quantitative estimate of drug-likeness (QED) is 0.729. The minimum atomic E-state index is -0.683. The molecule has 1 unspecified atom stereocenters. The number of rotatable bonds is 1. The number of H-pyrrole nitrogens is 1. The molecule has 1 atom stereocenters. The predicted octanol–water partition coefficient (Wildman–Crippen LogP) is -0.231. The zero-order chi connectivity index (χ0) is 12.8. The molecule has 1 aliphatic rings. The first-order valence-electron chi connectivity index (χ1n) is 5.95. The van der Waals surface area contributed by atoms with Crippen molar-refractivity contribution in [1.82, 2.24) is 19.6 Å². The number of aromatic nitrogens is 4. The standard InChI is InChI=1S/C11H15N5O2/c1-11(18)3-2-4-15(6-11)8-5-9-13-14-10(17)16(9)7-12-8/h5,7,18H,2-4,6H2,1H3,(H,14,17). The van der Waals surface area contributed by atoms with E-state index in [1.165, 1.54) is 10.7 Å². The van der Waals surface area contributed by atoms with Crippen LogP contribution in [0.1, 0.15) is 19.8 Å². The van der Waals surface area contributed by atoms with Crippen LogP contribution in [0.4, 0.5) is 5.82 Å². The van der Waals surface area contributed by atoms with Gasteiger partial charge < -0.3 is 10.0 Å². The van der Waals surface area contributed by atoms with Gasteiger partial charge in [-0.25, -0.2) is 19.3 Å². The number of β-amino-alcohol motifs (C(OH)–C–C–N with tert-alkyl or cyclic N) is 1. The van der Waals surface area contributed by atoms with E-state index in [9.17, 15) is 9.90 Å². The van der Waals surface area contributed by atoms with Crippen LogP contribution in [0.15, 0.2) is 17.2 Å². The molecule has 1 fully saturated rings. The van der Waals surface area contributed by atoms with Gasteiger partial charge in [-0.15, -0.1) is 0 Å². The summed E-state index contributed by atoms with van der Waals surface area (Å²) < 4.78 is 1.35. The van der Waals surface area contributed by atoms with Crippen LogP contribution in [-0.4, -0.2) is 43.4 Å². The largest absolute Gasteiger partial charge is 0.388 e. The number of anilines is 1. The maximum Gasteiger partial charge on any atom is 0.348 e. The summed E-state index contributed by atoms with van der Waals surface area (Å²) in [6.07, 6.45) is 3.18. The van der Waals surface area contributed by atoms with Crippen LogP contribution in [0.5, 0.6) is 0 Å². The van der Waals surface area contributed by atoms with Crippen molar-refractivity contribution in [2.45, 2.75) is 25.4 Å². The van der Waals surface area contributed by atoms with E-state index in [1.807, 2.05) is 11.8 Å². The number of aromatic amines is 1. The summed E-state index contributed by atoms with van der Waals surface area (Å²) in [7, 11) is 0. The van der Waals surface area contributed by atoms with E-state index in [1.54, 1.807) is 6.07 Å². The maximum absolute atomic E-state index is 11.3. The van der Waals surface area contributed by atoms with Gasteiger partial charge in [0.1, 0.15) is 12.1 Å². The molecule has 1 aliphatic heterocycles. The summed E-state index contributed by atoms with van der Waals surface area (Å²) in [6.45, 7) is 3.23. The second kappa shape index (κ2) is 3.81. The lowest BCUT2D eigenvalue weighted by Gasteiger charge is -2.37. The van der Waals surface area contributed by atoms with Crippen molar-refractivity contribution < 1.29 is 5.11 Å². The molecule has 0 spiro atoms. The SMILES string of the molecule is CC1(O)CCCN(c2cc3n[nH]c(=O)n3cn2)C1. The smallest absolute Gasteiger partial charge is 0.348 e. The van der Waals surface area contributed by atoms with Crippen LogP contribution >= 0.6 is 0 Å². The summed E-state index contributed by atoms with van der Waals surface area (Å²) in [5, 5.41) is 16.4. The van der Waals surface area contributed by atoms with Gasteiger partial charge in [0.25, 0.3) is 0 Å². The highest BCUT2D eigenvalue weighted by Gasteiger charge is 2.29. The van der Waals surface area contributed by atoms with Crippen molar-refractivity contribution in [3.05, 3.63) is 22.9 Å². The lowest BCUT2D eigenvalue weighted by molar-refractivity contribution is 0.0447. The Morgan fingerprint density at radius 3 is 3.17 bits per heavy atom. The highest BCUT2D eigenvalue weighted by molar-refractivity contribution is 5.50. The van der Waals surface area contributed by atoms with Crippen LogP contribution in [0.3, 0.4) is 0 Å². The van der Waals surface area contributed by atoms with Crippen LogP contribution in [0, 0.1) is 0 Å². The zero-order valence-electron chi connectivity index (χ0n) is 10.1. The van der Waals surface area contributed by atoms with Crippen molar-refractivity contribution in [3.63, 3.8) is 0 Å². The highest BCUT2D eigenvalue weighted by Crippen LogP contribution is 2.24. The van der Waals surface area contributed by atoms with Crippen molar-refractivity contribution in [2.75, 3.05) is 18.0 Å². The Morgan fingerprint density at radius 2 is 2.39 bits per heavy atom. The Labute approximate surface area is 103 Å². The molecule has 2 aromatic rings. The molecule has 3 heterocycles. The van der Waals surface area contributed by atoms with Gasteiger partial charge in [0, 0.05) is 19.2 Å². The van der Waals surface area contributed by atoms with E-state index in [-0.39, 0.29) is 5.69 Å². The fourth-order valence-corrected chi connectivity index (χ4v) is 2.39.